The molecule has 0 saturated heterocycles. The van der Waals surface area contributed by atoms with Crippen LogP contribution in [0.15, 0.2) is 18.2 Å². The second-order valence-electron chi connectivity index (χ2n) is 2.27. The molecule has 0 aromatic heterocycles. The van der Waals surface area contributed by atoms with Crippen molar-refractivity contribution >= 4 is 0 Å². The molecule has 0 N–H and O–H groups in total. The van der Waals surface area contributed by atoms with Crippen molar-refractivity contribution in [2.45, 2.75) is 27.2 Å². The zero-order valence-electron chi connectivity index (χ0n) is 8.73. The Hall–Kier alpha value is -1.05. The fourth-order valence-corrected chi connectivity index (χ4v) is 1.07. The van der Waals surface area contributed by atoms with Gasteiger partial charge in [0.1, 0.15) is 11.6 Å². The smallest absolute Gasteiger partial charge is 0.130 e. The fraction of sp³-hybridized carbons (Fsp3) is 0.455. The van der Waals surface area contributed by atoms with Crippen LogP contribution < -0.4 is 4.74 Å². The lowest BCUT2D eigenvalue weighted by atomic mass is 10.1. The molecule has 0 spiro atoms. The van der Waals surface area contributed by atoms with Crippen molar-refractivity contribution in [3.63, 3.8) is 0 Å². The summed E-state index contributed by atoms with van der Waals surface area (Å²) in [5, 5.41) is 0. The van der Waals surface area contributed by atoms with Gasteiger partial charge in [-0.25, -0.2) is 4.39 Å². The van der Waals surface area contributed by atoms with Gasteiger partial charge in [0.25, 0.3) is 0 Å². The highest BCUT2D eigenvalue weighted by Gasteiger charge is 2.04. The summed E-state index contributed by atoms with van der Waals surface area (Å²) in [5.41, 5.74) is 0.648. The minimum atomic E-state index is -0.188. The van der Waals surface area contributed by atoms with Crippen molar-refractivity contribution < 1.29 is 9.13 Å². The lowest BCUT2D eigenvalue weighted by Crippen LogP contribution is -1.93. The van der Waals surface area contributed by atoms with Crippen LogP contribution in [0.25, 0.3) is 0 Å². The normalized spacial score (nSPS) is 8.69. The van der Waals surface area contributed by atoms with Gasteiger partial charge in [0.2, 0.25) is 0 Å². The van der Waals surface area contributed by atoms with Crippen molar-refractivity contribution in [3.05, 3.63) is 29.6 Å². The number of ether oxygens (including phenoxy) is 1. The highest BCUT2D eigenvalue weighted by atomic mass is 19.1. The van der Waals surface area contributed by atoms with Gasteiger partial charge < -0.3 is 4.74 Å². The first-order valence-electron chi connectivity index (χ1n) is 4.61. The Morgan fingerprint density at radius 2 is 1.92 bits per heavy atom. The van der Waals surface area contributed by atoms with Gasteiger partial charge in [0.15, 0.2) is 0 Å². The average molecular weight is 184 g/mol. The van der Waals surface area contributed by atoms with Crippen molar-refractivity contribution in [2.24, 2.45) is 0 Å². The molecule has 0 heterocycles. The topological polar surface area (TPSA) is 9.23 Å². The van der Waals surface area contributed by atoms with E-state index >= 15 is 0 Å². The summed E-state index contributed by atoms with van der Waals surface area (Å²) in [6.07, 6.45) is 0.663. The van der Waals surface area contributed by atoms with Gasteiger partial charge in [-0.1, -0.05) is 26.8 Å². The molecule has 0 aliphatic heterocycles. The van der Waals surface area contributed by atoms with Crippen LogP contribution in [0.3, 0.4) is 0 Å². The molecule has 0 atom stereocenters. The fourth-order valence-electron chi connectivity index (χ4n) is 1.07. The van der Waals surface area contributed by atoms with E-state index in [1.165, 1.54) is 6.07 Å². The Bertz CT molecular complexity index is 246. The van der Waals surface area contributed by atoms with E-state index in [0.29, 0.717) is 17.7 Å². The molecule has 0 aliphatic rings. The van der Waals surface area contributed by atoms with E-state index < -0.39 is 0 Å². The summed E-state index contributed by atoms with van der Waals surface area (Å²) in [5.74, 6) is 0.444. The summed E-state index contributed by atoms with van der Waals surface area (Å²) in [4.78, 5) is 0. The summed E-state index contributed by atoms with van der Waals surface area (Å²) in [6, 6.07) is 4.86. The molecule has 1 aromatic carbocycles. The molecule has 0 aliphatic carbocycles. The third kappa shape index (κ3) is 3.05. The Balaban J connectivity index is 0.000000671. The Kier molecular flexibility index (Phi) is 5.94. The summed E-state index contributed by atoms with van der Waals surface area (Å²) < 4.78 is 17.9. The Morgan fingerprint density at radius 3 is 2.31 bits per heavy atom. The molecule has 0 fully saturated rings. The molecular formula is C11H17FO. The van der Waals surface area contributed by atoms with E-state index in [2.05, 4.69) is 0 Å². The summed E-state index contributed by atoms with van der Waals surface area (Å²) >= 11 is 0. The van der Waals surface area contributed by atoms with Crippen LogP contribution in [0.2, 0.25) is 0 Å². The molecule has 13 heavy (non-hydrogen) atoms. The van der Waals surface area contributed by atoms with Crippen molar-refractivity contribution in [3.8, 4) is 5.75 Å². The number of methoxy groups -OCH3 is 1. The molecule has 0 bridgehead atoms. The van der Waals surface area contributed by atoms with E-state index in [9.17, 15) is 4.39 Å². The first-order chi connectivity index (χ1) is 6.29. The van der Waals surface area contributed by atoms with Gasteiger partial charge in [-0.15, -0.1) is 0 Å². The van der Waals surface area contributed by atoms with Crippen LogP contribution in [0.5, 0.6) is 5.75 Å². The summed E-state index contributed by atoms with van der Waals surface area (Å²) in [7, 11) is 1.55. The standard InChI is InChI=1S/C9H11FO.C2H6/c1-3-7-8(10)5-4-6-9(7)11-2;1-2/h4-6H,3H2,1-2H3;1-2H3. The first-order valence-corrected chi connectivity index (χ1v) is 4.61. The highest BCUT2D eigenvalue weighted by molar-refractivity contribution is 5.34. The van der Waals surface area contributed by atoms with Gasteiger partial charge in [-0.3, -0.25) is 0 Å². The van der Waals surface area contributed by atoms with E-state index in [1.807, 2.05) is 20.8 Å². The van der Waals surface area contributed by atoms with Crippen LogP contribution in [-0.2, 0) is 6.42 Å². The molecule has 0 saturated carbocycles. The van der Waals surface area contributed by atoms with Crippen LogP contribution in [0, 0.1) is 5.82 Å². The predicted octanol–water partition coefficient (Wildman–Crippen LogP) is 3.42. The maximum absolute atomic E-state index is 13.0. The van der Waals surface area contributed by atoms with Crippen LogP contribution in [0.4, 0.5) is 4.39 Å². The highest BCUT2D eigenvalue weighted by Crippen LogP contribution is 2.20. The van der Waals surface area contributed by atoms with Crippen LogP contribution >= 0.6 is 0 Å². The molecule has 1 aromatic rings. The maximum Gasteiger partial charge on any atom is 0.130 e. The summed E-state index contributed by atoms with van der Waals surface area (Å²) in [6.45, 7) is 5.90. The molecular weight excluding hydrogens is 167 g/mol. The second-order valence-corrected chi connectivity index (χ2v) is 2.27. The van der Waals surface area contributed by atoms with Crippen LogP contribution in [0.1, 0.15) is 26.3 Å². The minimum absolute atomic E-state index is 0.188. The number of benzene rings is 1. The van der Waals surface area contributed by atoms with Gasteiger partial charge in [0.05, 0.1) is 7.11 Å². The minimum Gasteiger partial charge on any atom is -0.496 e. The Morgan fingerprint density at radius 1 is 1.31 bits per heavy atom. The molecule has 1 nitrogen and oxygen atoms in total. The quantitative estimate of drug-likeness (QED) is 0.684. The lowest BCUT2D eigenvalue weighted by molar-refractivity contribution is 0.405. The number of hydrogen-bond acceptors (Lipinski definition) is 1. The van der Waals surface area contributed by atoms with Gasteiger partial charge >= 0.3 is 0 Å². The van der Waals surface area contributed by atoms with E-state index in [-0.39, 0.29) is 5.82 Å². The van der Waals surface area contributed by atoms with Crippen molar-refractivity contribution in [2.75, 3.05) is 7.11 Å². The first kappa shape index (κ1) is 11.9. The van der Waals surface area contributed by atoms with E-state index in [1.54, 1.807) is 19.2 Å². The maximum atomic E-state index is 13.0. The van der Waals surface area contributed by atoms with Crippen LogP contribution in [-0.4, -0.2) is 7.11 Å². The number of rotatable bonds is 2. The molecule has 1 rings (SSSR count). The third-order valence-electron chi connectivity index (χ3n) is 1.65. The molecule has 74 valence electrons. The largest absolute Gasteiger partial charge is 0.496 e. The number of halogens is 1. The molecule has 2 heteroatoms. The lowest BCUT2D eigenvalue weighted by Gasteiger charge is -2.05. The van der Waals surface area contributed by atoms with E-state index in [4.69, 9.17) is 4.74 Å². The van der Waals surface area contributed by atoms with Gasteiger partial charge in [-0.2, -0.15) is 0 Å². The number of hydrogen-bond donors (Lipinski definition) is 0. The Labute approximate surface area is 79.5 Å². The third-order valence-corrected chi connectivity index (χ3v) is 1.65. The van der Waals surface area contributed by atoms with Crippen molar-refractivity contribution in [1.29, 1.82) is 0 Å². The molecule has 0 radical (unpaired) electrons. The van der Waals surface area contributed by atoms with E-state index in [0.717, 1.165) is 0 Å². The van der Waals surface area contributed by atoms with Gasteiger partial charge in [-0.05, 0) is 18.6 Å². The average Bonchev–Trinajstić information content (AvgIpc) is 2.20. The van der Waals surface area contributed by atoms with Crippen molar-refractivity contribution in [1.82, 2.24) is 0 Å². The zero-order valence-corrected chi connectivity index (χ0v) is 8.73. The van der Waals surface area contributed by atoms with Gasteiger partial charge in [0, 0.05) is 5.56 Å². The zero-order chi connectivity index (χ0) is 10.3. The predicted molar refractivity (Wildman–Crippen MR) is 53.7 cm³/mol. The second kappa shape index (κ2) is 6.46. The SMILES string of the molecule is CC.CCc1c(F)cccc1OC. The molecule has 0 amide bonds. The molecule has 0 unspecified atom stereocenters. The monoisotopic (exact) mass is 184 g/mol.